The Balaban J connectivity index is 1.25. The first-order valence-corrected chi connectivity index (χ1v) is 11.7. The van der Waals surface area contributed by atoms with E-state index < -0.39 is 0 Å². The molecule has 6 heteroatoms. The van der Waals surface area contributed by atoms with Crippen LogP contribution in [0.1, 0.15) is 22.6 Å². The number of ether oxygens (including phenoxy) is 2. The van der Waals surface area contributed by atoms with E-state index in [0.717, 1.165) is 35.6 Å². The van der Waals surface area contributed by atoms with Gasteiger partial charge in [0.25, 0.3) is 5.91 Å². The lowest BCUT2D eigenvalue weighted by molar-refractivity contribution is 0.0949. The smallest absolute Gasteiger partial charge is 0.251 e. The molecule has 5 aromatic rings. The minimum absolute atomic E-state index is 0.165. The third kappa shape index (κ3) is 5.11. The van der Waals surface area contributed by atoms with Crippen molar-refractivity contribution in [2.75, 3.05) is 13.7 Å². The highest BCUT2D eigenvalue weighted by molar-refractivity contribution is 5.94. The summed E-state index contributed by atoms with van der Waals surface area (Å²) in [5.41, 5.74) is 2.51. The van der Waals surface area contributed by atoms with Gasteiger partial charge in [-0.25, -0.2) is 4.98 Å². The van der Waals surface area contributed by atoms with E-state index in [2.05, 4.69) is 40.2 Å². The van der Waals surface area contributed by atoms with E-state index in [1.54, 1.807) is 25.3 Å². The minimum Gasteiger partial charge on any atom is -0.497 e. The fourth-order valence-electron chi connectivity index (χ4n) is 4.21. The average molecular weight is 466 g/mol. The van der Waals surface area contributed by atoms with Crippen molar-refractivity contribution in [3.63, 3.8) is 0 Å². The van der Waals surface area contributed by atoms with Crippen LogP contribution in [0.4, 0.5) is 0 Å². The number of nitrogens with one attached hydrogen (secondary N) is 1. The van der Waals surface area contributed by atoms with Crippen LogP contribution in [0.5, 0.6) is 11.5 Å². The van der Waals surface area contributed by atoms with E-state index in [-0.39, 0.29) is 5.91 Å². The third-order valence-corrected chi connectivity index (χ3v) is 5.99. The molecular formula is C29H27N3O3. The van der Waals surface area contributed by atoms with E-state index in [1.807, 2.05) is 42.5 Å². The summed E-state index contributed by atoms with van der Waals surface area (Å²) in [5, 5.41) is 5.36. The summed E-state index contributed by atoms with van der Waals surface area (Å²) >= 11 is 0. The van der Waals surface area contributed by atoms with E-state index in [4.69, 9.17) is 14.5 Å². The van der Waals surface area contributed by atoms with Crippen LogP contribution in [0, 0.1) is 0 Å². The van der Waals surface area contributed by atoms with Gasteiger partial charge in [0, 0.05) is 12.1 Å². The highest BCUT2D eigenvalue weighted by Crippen LogP contribution is 2.21. The van der Waals surface area contributed by atoms with Crippen molar-refractivity contribution < 1.29 is 14.3 Å². The summed E-state index contributed by atoms with van der Waals surface area (Å²) in [6, 6.07) is 29.6. The molecule has 1 heterocycles. The van der Waals surface area contributed by atoms with Crippen LogP contribution in [0.15, 0.2) is 91.0 Å². The number of fused-ring (bicyclic) bond motifs is 2. The van der Waals surface area contributed by atoms with E-state index in [1.165, 1.54) is 10.8 Å². The van der Waals surface area contributed by atoms with Gasteiger partial charge in [0.05, 0.1) is 31.3 Å². The SMILES string of the molecule is COc1cccc(C(=O)NCc2nc3ccccc3n2CCCOc2ccc3ccccc3c2)c1. The van der Waals surface area contributed by atoms with Crippen molar-refractivity contribution in [2.45, 2.75) is 19.5 Å². The molecule has 0 bridgehead atoms. The van der Waals surface area contributed by atoms with Gasteiger partial charge >= 0.3 is 0 Å². The molecule has 1 aromatic heterocycles. The number of imidazole rings is 1. The lowest BCUT2D eigenvalue weighted by Crippen LogP contribution is -2.25. The second kappa shape index (κ2) is 10.3. The molecule has 1 N–H and O–H groups in total. The maximum Gasteiger partial charge on any atom is 0.251 e. The van der Waals surface area contributed by atoms with Gasteiger partial charge in [-0.15, -0.1) is 0 Å². The van der Waals surface area contributed by atoms with E-state index in [9.17, 15) is 4.79 Å². The van der Waals surface area contributed by atoms with Gasteiger partial charge in [-0.05, 0) is 59.7 Å². The molecule has 0 aliphatic carbocycles. The second-order valence-corrected chi connectivity index (χ2v) is 8.29. The first-order chi connectivity index (χ1) is 17.2. The van der Waals surface area contributed by atoms with Crippen molar-refractivity contribution in [1.29, 1.82) is 0 Å². The Kier molecular flexibility index (Phi) is 6.61. The van der Waals surface area contributed by atoms with Gasteiger partial charge in [0.1, 0.15) is 17.3 Å². The lowest BCUT2D eigenvalue weighted by Gasteiger charge is -2.12. The summed E-state index contributed by atoms with van der Waals surface area (Å²) in [5.74, 6) is 2.16. The Labute approximate surface area is 204 Å². The second-order valence-electron chi connectivity index (χ2n) is 8.29. The molecule has 0 radical (unpaired) electrons. The molecule has 176 valence electrons. The van der Waals surface area contributed by atoms with Crippen molar-refractivity contribution in [1.82, 2.24) is 14.9 Å². The molecular weight excluding hydrogens is 438 g/mol. The highest BCUT2D eigenvalue weighted by atomic mass is 16.5. The Bertz CT molecular complexity index is 1470. The van der Waals surface area contributed by atoms with Crippen LogP contribution < -0.4 is 14.8 Å². The van der Waals surface area contributed by atoms with Gasteiger partial charge in [0.2, 0.25) is 0 Å². The van der Waals surface area contributed by atoms with E-state index in [0.29, 0.717) is 24.5 Å². The predicted octanol–water partition coefficient (Wildman–Crippen LogP) is 5.60. The van der Waals surface area contributed by atoms with Crippen LogP contribution in [0.2, 0.25) is 0 Å². The Hall–Kier alpha value is -4.32. The molecule has 0 aliphatic heterocycles. The molecule has 0 unspecified atom stereocenters. The summed E-state index contributed by atoms with van der Waals surface area (Å²) < 4.78 is 13.4. The third-order valence-electron chi connectivity index (χ3n) is 5.99. The molecule has 6 nitrogen and oxygen atoms in total. The van der Waals surface area contributed by atoms with Crippen molar-refractivity contribution >= 4 is 27.7 Å². The normalized spacial score (nSPS) is 11.0. The topological polar surface area (TPSA) is 65.4 Å². The Morgan fingerprint density at radius 3 is 2.60 bits per heavy atom. The Morgan fingerprint density at radius 2 is 1.71 bits per heavy atom. The number of carbonyl (C=O) groups is 1. The van der Waals surface area contributed by atoms with Gasteiger partial charge < -0.3 is 19.4 Å². The molecule has 0 saturated heterocycles. The van der Waals surface area contributed by atoms with Crippen molar-refractivity contribution in [3.8, 4) is 11.5 Å². The van der Waals surface area contributed by atoms with Crippen molar-refractivity contribution in [2.24, 2.45) is 0 Å². The van der Waals surface area contributed by atoms with Crippen LogP contribution in [-0.2, 0) is 13.1 Å². The van der Waals surface area contributed by atoms with Gasteiger partial charge in [0.15, 0.2) is 0 Å². The number of methoxy groups -OCH3 is 1. The molecule has 0 saturated carbocycles. The first-order valence-electron chi connectivity index (χ1n) is 11.7. The quantitative estimate of drug-likeness (QED) is 0.288. The average Bonchev–Trinajstić information content (AvgIpc) is 3.27. The van der Waals surface area contributed by atoms with E-state index >= 15 is 0 Å². The number of nitrogens with zero attached hydrogens (tertiary/aromatic N) is 2. The van der Waals surface area contributed by atoms with Gasteiger partial charge in [-0.1, -0.05) is 48.5 Å². The summed E-state index contributed by atoms with van der Waals surface area (Å²) in [4.78, 5) is 17.5. The van der Waals surface area contributed by atoms with Crippen molar-refractivity contribution in [3.05, 3.63) is 102 Å². The summed E-state index contributed by atoms with van der Waals surface area (Å²) in [7, 11) is 1.59. The number of aryl methyl sites for hydroxylation is 1. The number of hydrogen-bond donors (Lipinski definition) is 1. The molecule has 1 amide bonds. The monoisotopic (exact) mass is 465 g/mol. The molecule has 4 aromatic carbocycles. The predicted molar refractivity (Wildman–Crippen MR) is 138 cm³/mol. The molecule has 0 aliphatic rings. The fourth-order valence-corrected chi connectivity index (χ4v) is 4.21. The highest BCUT2D eigenvalue weighted by Gasteiger charge is 2.13. The van der Waals surface area contributed by atoms with Crippen LogP contribution in [-0.4, -0.2) is 29.2 Å². The number of amides is 1. The van der Waals surface area contributed by atoms with Crippen LogP contribution >= 0.6 is 0 Å². The zero-order chi connectivity index (χ0) is 24.0. The molecule has 0 atom stereocenters. The molecule has 35 heavy (non-hydrogen) atoms. The minimum atomic E-state index is -0.165. The van der Waals surface area contributed by atoms with Crippen LogP contribution in [0.25, 0.3) is 21.8 Å². The maximum absolute atomic E-state index is 12.7. The molecule has 0 fully saturated rings. The first kappa shape index (κ1) is 22.5. The standard InChI is InChI=1S/C29H27N3O3/c1-34-24-11-6-10-23(19-24)29(33)30-20-28-31-26-12-4-5-13-27(26)32(28)16-7-17-35-25-15-14-21-8-2-3-9-22(21)18-25/h2-6,8-15,18-19H,7,16-17,20H2,1H3,(H,30,33). The van der Waals surface area contributed by atoms with Gasteiger partial charge in [-0.2, -0.15) is 0 Å². The Morgan fingerprint density at radius 1 is 0.886 bits per heavy atom. The number of para-hydroxylation sites is 2. The zero-order valence-corrected chi connectivity index (χ0v) is 19.6. The number of rotatable bonds is 9. The zero-order valence-electron chi connectivity index (χ0n) is 19.6. The maximum atomic E-state index is 12.7. The number of benzene rings is 4. The lowest BCUT2D eigenvalue weighted by atomic mass is 10.1. The molecule has 0 spiro atoms. The fraction of sp³-hybridized carbons (Fsp3) is 0.172. The largest absolute Gasteiger partial charge is 0.497 e. The summed E-state index contributed by atoms with van der Waals surface area (Å²) in [6.45, 7) is 1.65. The number of hydrogen-bond acceptors (Lipinski definition) is 4. The van der Waals surface area contributed by atoms with Gasteiger partial charge in [-0.3, -0.25) is 4.79 Å². The van der Waals surface area contributed by atoms with Crippen LogP contribution in [0.3, 0.4) is 0 Å². The number of aromatic nitrogens is 2. The number of carbonyl (C=O) groups excluding carboxylic acids is 1. The molecule has 5 rings (SSSR count). The summed E-state index contributed by atoms with van der Waals surface area (Å²) in [6.07, 6.45) is 0.810.